The van der Waals surface area contributed by atoms with Crippen LogP contribution in [0, 0.1) is 0 Å². The van der Waals surface area contributed by atoms with Crippen LogP contribution in [0.4, 0.5) is 5.69 Å². The number of para-hydroxylation sites is 2. The molecule has 2 aromatic carbocycles. The Morgan fingerprint density at radius 1 is 0.950 bits per heavy atom. The van der Waals surface area contributed by atoms with E-state index in [4.69, 9.17) is 4.99 Å². The minimum Gasteiger partial charge on any atom is -0.343 e. The molecule has 0 bridgehead atoms. The number of rotatable bonds is 0. The van der Waals surface area contributed by atoms with Gasteiger partial charge in [-0.3, -0.25) is 0 Å². The zero-order valence-corrected chi connectivity index (χ0v) is 11.1. The summed E-state index contributed by atoms with van der Waals surface area (Å²) in [6.07, 6.45) is 2.23. The summed E-state index contributed by atoms with van der Waals surface area (Å²) in [6.45, 7) is 0. The summed E-state index contributed by atoms with van der Waals surface area (Å²) in [5.41, 5.74) is 6.02. The van der Waals surface area contributed by atoms with E-state index in [9.17, 15) is 0 Å². The Balaban J connectivity index is 2.07. The average molecular weight is 256 g/mol. The van der Waals surface area contributed by atoms with Crippen molar-refractivity contribution in [1.82, 2.24) is 4.57 Å². The number of aryl methyl sites for hydroxylation is 1. The fourth-order valence-corrected chi connectivity index (χ4v) is 3.47. The number of hydrogen-bond acceptors (Lipinski definition) is 1. The van der Waals surface area contributed by atoms with E-state index in [2.05, 4.69) is 60.2 Å². The van der Waals surface area contributed by atoms with E-state index in [0.29, 0.717) is 0 Å². The molecule has 2 aliphatic rings. The van der Waals surface area contributed by atoms with Crippen LogP contribution >= 0.6 is 0 Å². The molecule has 2 nitrogen and oxygen atoms in total. The standard InChI is InChI=1S/C18H12N2/c1-20-16-9-5-3-6-11(16)13-10-15-17(18(13)20)12-7-2-4-8-14(12)19-15/h2-10H,1H3. The first-order valence-corrected chi connectivity index (χ1v) is 6.82. The highest BCUT2D eigenvalue weighted by Crippen LogP contribution is 2.34. The Kier molecular flexibility index (Phi) is 1.68. The van der Waals surface area contributed by atoms with Crippen LogP contribution in [0.3, 0.4) is 0 Å². The summed E-state index contributed by atoms with van der Waals surface area (Å²) in [5.74, 6) is 0. The molecule has 94 valence electrons. The molecule has 2 heterocycles. The molecule has 0 saturated carbocycles. The van der Waals surface area contributed by atoms with E-state index in [1.54, 1.807) is 0 Å². The van der Waals surface area contributed by atoms with Gasteiger partial charge in [0.25, 0.3) is 0 Å². The summed E-state index contributed by atoms with van der Waals surface area (Å²) in [5, 5.41) is 3.92. The highest BCUT2D eigenvalue weighted by molar-refractivity contribution is 6.43. The highest BCUT2D eigenvalue weighted by atomic mass is 14.9. The van der Waals surface area contributed by atoms with Crippen molar-refractivity contribution in [3.63, 3.8) is 0 Å². The molecule has 0 saturated heterocycles. The maximum Gasteiger partial charge on any atom is 0.0744 e. The average Bonchev–Trinajstić information content (AvgIpc) is 3.08. The van der Waals surface area contributed by atoms with Gasteiger partial charge in [-0.2, -0.15) is 0 Å². The van der Waals surface area contributed by atoms with Gasteiger partial charge in [0.2, 0.25) is 0 Å². The Bertz CT molecular complexity index is 1050. The van der Waals surface area contributed by atoms with E-state index in [0.717, 1.165) is 11.4 Å². The summed E-state index contributed by atoms with van der Waals surface area (Å²) in [7, 11) is 2.14. The third-order valence-corrected chi connectivity index (χ3v) is 4.33. The summed E-state index contributed by atoms with van der Waals surface area (Å²) < 4.78 is 2.29. The topological polar surface area (TPSA) is 17.3 Å². The molecule has 1 aliphatic carbocycles. The van der Waals surface area contributed by atoms with Crippen molar-refractivity contribution in [3.05, 3.63) is 64.7 Å². The van der Waals surface area contributed by atoms with Crippen molar-refractivity contribution < 1.29 is 0 Å². The Labute approximate surface area is 116 Å². The minimum atomic E-state index is 1.09. The second-order valence-electron chi connectivity index (χ2n) is 5.37. The lowest BCUT2D eigenvalue weighted by Crippen LogP contribution is -2.27. The van der Waals surface area contributed by atoms with Gasteiger partial charge < -0.3 is 4.57 Å². The molecule has 1 aliphatic heterocycles. The molecule has 20 heavy (non-hydrogen) atoms. The minimum absolute atomic E-state index is 1.09. The van der Waals surface area contributed by atoms with Crippen LogP contribution in [0.15, 0.2) is 53.5 Å². The van der Waals surface area contributed by atoms with Crippen molar-refractivity contribution in [1.29, 1.82) is 0 Å². The van der Waals surface area contributed by atoms with Gasteiger partial charge in [-0.1, -0.05) is 36.4 Å². The maximum absolute atomic E-state index is 4.76. The largest absolute Gasteiger partial charge is 0.343 e. The molecular formula is C18H12N2. The van der Waals surface area contributed by atoms with Crippen LogP contribution in [-0.2, 0) is 7.05 Å². The molecule has 3 aromatic rings. The van der Waals surface area contributed by atoms with Gasteiger partial charge in [0, 0.05) is 34.3 Å². The third-order valence-electron chi connectivity index (χ3n) is 4.33. The van der Waals surface area contributed by atoms with Gasteiger partial charge in [0.15, 0.2) is 0 Å². The summed E-state index contributed by atoms with van der Waals surface area (Å²) >= 11 is 0. The zero-order chi connectivity index (χ0) is 13.3. The molecule has 0 unspecified atom stereocenters. The van der Waals surface area contributed by atoms with Gasteiger partial charge in [-0.05, 0) is 18.2 Å². The Hall–Kier alpha value is -2.61. The normalized spacial score (nSPS) is 14.8. The van der Waals surface area contributed by atoms with Crippen LogP contribution < -0.4 is 10.6 Å². The first kappa shape index (κ1) is 10.2. The lowest BCUT2D eigenvalue weighted by molar-refractivity contribution is 0.924. The van der Waals surface area contributed by atoms with Crippen molar-refractivity contribution >= 4 is 34.0 Å². The molecule has 0 spiro atoms. The molecule has 0 atom stereocenters. The summed E-state index contributed by atoms with van der Waals surface area (Å²) in [6, 6.07) is 17.0. The summed E-state index contributed by atoms with van der Waals surface area (Å²) in [4.78, 5) is 4.76. The van der Waals surface area contributed by atoms with Crippen LogP contribution in [0.1, 0.15) is 5.56 Å². The van der Waals surface area contributed by atoms with Gasteiger partial charge >= 0.3 is 0 Å². The lowest BCUT2D eigenvalue weighted by Gasteiger charge is -2.01. The van der Waals surface area contributed by atoms with E-state index >= 15 is 0 Å². The molecule has 0 N–H and O–H groups in total. The lowest BCUT2D eigenvalue weighted by atomic mass is 10.1. The predicted octanol–water partition coefficient (Wildman–Crippen LogP) is 2.26. The van der Waals surface area contributed by atoms with Crippen LogP contribution in [-0.4, -0.2) is 10.3 Å². The quantitative estimate of drug-likeness (QED) is 0.587. The van der Waals surface area contributed by atoms with Gasteiger partial charge in [0.05, 0.1) is 16.7 Å². The van der Waals surface area contributed by atoms with Gasteiger partial charge in [0.1, 0.15) is 0 Å². The van der Waals surface area contributed by atoms with Gasteiger partial charge in [-0.15, -0.1) is 0 Å². The fourth-order valence-electron chi connectivity index (χ4n) is 3.47. The van der Waals surface area contributed by atoms with Crippen LogP contribution in [0.25, 0.3) is 22.6 Å². The SMILES string of the molecule is Cn1c2c(c3ccccc31)=CC1=Nc3ccccc3C=21. The monoisotopic (exact) mass is 256 g/mol. The Morgan fingerprint density at radius 2 is 1.75 bits per heavy atom. The molecule has 0 radical (unpaired) electrons. The molecule has 5 rings (SSSR count). The number of benzene rings is 2. The number of aromatic nitrogens is 1. The number of nitrogens with zero attached hydrogens (tertiary/aromatic N) is 2. The van der Waals surface area contributed by atoms with Crippen molar-refractivity contribution in [3.8, 4) is 0 Å². The van der Waals surface area contributed by atoms with Crippen molar-refractivity contribution in [2.75, 3.05) is 0 Å². The first-order valence-electron chi connectivity index (χ1n) is 6.82. The number of hydrogen-bond donors (Lipinski definition) is 0. The first-order chi connectivity index (χ1) is 9.84. The molecule has 2 heteroatoms. The van der Waals surface area contributed by atoms with E-state index in [1.807, 2.05) is 6.07 Å². The smallest absolute Gasteiger partial charge is 0.0744 e. The zero-order valence-electron chi connectivity index (χ0n) is 11.1. The van der Waals surface area contributed by atoms with Crippen LogP contribution in [0.5, 0.6) is 0 Å². The molecule has 1 aromatic heterocycles. The predicted molar refractivity (Wildman–Crippen MR) is 82.7 cm³/mol. The van der Waals surface area contributed by atoms with E-state index in [1.165, 1.54) is 32.6 Å². The second kappa shape index (κ2) is 3.28. The highest BCUT2D eigenvalue weighted by Gasteiger charge is 2.25. The number of fused-ring (bicyclic) bond motifs is 6. The third kappa shape index (κ3) is 1.04. The van der Waals surface area contributed by atoms with Crippen molar-refractivity contribution in [2.45, 2.75) is 0 Å². The Morgan fingerprint density at radius 3 is 2.70 bits per heavy atom. The fraction of sp³-hybridized carbons (Fsp3) is 0.0556. The maximum atomic E-state index is 4.76. The second-order valence-corrected chi connectivity index (χ2v) is 5.37. The molecule has 0 fully saturated rings. The molecule has 0 amide bonds. The molecular weight excluding hydrogens is 244 g/mol. The van der Waals surface area contributed by atoms with E-state index in [-0.39, 0.29) is 0 Å². The number of aliphatic imine (C=N–C) groups is 1. The van der Waals surface area contributed by atoms with Crippen molar-refractivity contribution in [2.24, 2.45) is 12.0 Å². The van der Waals surface area contributed by atoms with E-state index < -0.39 is 0 Å². The van der Waals surface area contributed by atoms with Gasteiger partial charge in [-0.25, -0.2) is 4.99 Å². The van der Waals surface area contributed by atoms with Crippen LogP contribution in [0.2, 0.25) is 0 Å².